The van der Waals surface area contributed by atoms with Crippen molar-refractivity contribution in [1.29, 1.82) is 0 Å². The monoisotopic (exact) mass is 242 g/mol. The van der Waals surface area contributed by atoms with Crippen LogP contribution in [0.4, 0.5) is 0 Å². The molecule has 0 unspecified atom stereocenters. The molecule has 0 fully saturated rings. The molecule has 1 aromatic rings. The predicted octanol–water partition coefficient (Wildman–Crippen LogP) is 2.86. The molecule has 13 heavy (non-hydrogen) atoms. The topological polar surface area (TPSA) is 17.8 Å². The summed E-state index contributed by atoms with van der Waals surface area (Å²) in [4.78, 5) is 0. The minimum atomic E-state index is 0.975. The number of aromatic nitrogens is 2. The molecule has 0 N–H and O–H groups in total. The van der Waals surface area contributed by atoms with Crippen LogP contribution in [0.25, 0.3) is 0 Å². The van der Waals surface area contributed by atoms with Gasteiger partial charge < -0.3 is 0 Å². The van der Waals surface area contributed by atoms with Crippen LogP contribution in [0.5, 0.6) is 0 Å². The van der Waals surface area contributed by atoms with Gasteiger partial charge >= 0.3 is 0 Å². The van der Waals surface area contributed by atoms with E-state index in [1.807, 2.05) is 17.8 Å². The van der Waals surface area contributed by atoms with E-state index in [2.05, 4.69) is 34.5 Å². The number of nitrogens with zero attached hydrogens (tertiary/aromatic N) is 2. The van der Waals surface area contributed by atoms with Crippen molar-refractivity contribution in [2.45, 2.75) is 26.2 Å². The first-order valence-corrected chi connectivity index (χ1v) is 5.31. The minimum absolute atomic E-state index is 0.975. The molecular formula is C10H15BrN2. The molecule has 0 aliphatic carbocycles. The molecule has 0 atom stereocenters. The number of halogens is 1. The average molecular weight is 243 g/mol. The maximum atomic E-state index is 4.42. The van der Waals surface area contributed by atoms with Gasteiger partial charge in [0.1, 0.15) is 0 Å². The van der Waals surface area contributed by atoms with E-state index in [0.29, 0.717) is 0 Å². The lowest BCUT2D eigenvalue weighted by atomic mass is 10.2. The van der Waals surface area contributed by atoms with Crippen LogP contribution in [0, 0.1) is 0 Å². The van der Waals surface area contributed by atoms with Crippen LogP contribution < -0.4 is 0 Å². The highest BCUT2D eigenvalue weighted by molar-refractivity contribution is 9.10. The Morgan fingerprint density at radius 1 is 1.62 bits per heavy atom. The fourth-order valence-electron chi connectivity index (χ4n) is 1.33. The Morgan fingerprint density at radius 2 is 2.31 bits per heavy atom. The summed E-state index contributed by atoms with van der Waals surface area (Å²) >= 11 is 3.57. The number of hydrogen-bond acceptors (Lipinski definition) is 1. The molecule has 3 heteroatoms. The maximum Gasteiger partial charge on any atom is 0.0766 e. The normalized spacial score (nSPS) is 10.4. The molecule has 0 aliphatic heterocycles. The van der Waals surface area contributed by atoms with E-state index < -0.39 is 0 Å². The van der Waals surface area contributed by atoms with E-state index in [1.54, 1.807) is 0 Å². The van der Waals surface area contributed by atoms with Crippen molar-refractivity contribution < 1.29 is 0 Å². The first kappa shape index (κ1) is 10.5. The average Bonchev–Trinajstić information content (AvgIpc) is 2.39. The van der Waals surface area contributed by atoms with Crippen molar-refractivity contribution in [3.63, 3.8) is 0 Å². The Kier molecular flexibility index (Phi) is 3.72. The number of aryl methyl sites for hydroxylation is 2. The fourth-order valence-corrected chi connectivity index (χ4v) is 2.14. The van der Waals surface area contributed by atoms with Gasteiger partial charge in [0, 0.05) is 7.05 Å². The molecule has 0 saturated heterocycles. The van der Waals surface area contributed by atoms with Gasteiger partial charge in [-0.3, -0.25) is 4.68 Å². The van der Waals surface area contributed by atoms with Gasteiger partial charge in [-0.05, 0) is 35.2 Å². The molecule has 2 nitrogen and oxygen atoms in total. The Balaban J connectivity index is 2.91. The third-order valence-corrected chi connectivity index (χ3v) is 3.00. The van der Waals surface area contributed by atoms with Crippen molar-refractivity contribution in [3.05, 3.63) is 28.5 Å². The smallest absolute Gasteiger partial charge is 0.0766 e. The Hall–Kier alpha value is -0.570. The molecule has 72 valence electrons. The zero-order chi connectivity index (χ0) is 9.84. The van der Waals surface area contributed by atoms with Crippen molar-refractivity contribution in [2.75, 3.05) is 0 Å². The number of hydrogen-bond donors (Lipinski definition) is 0. The first-order chi connectivity index (χ1) is 6.20. The maximum absolute atomic E-state index is 4.42. The van der Waals surface area contributed by atoms with E-state index in [1.165, 1.54) is 10.2 Å². The summed E-state index contributed by atoms with van der Waals surface area (Å²) in [6.07, 6.45) is 4.92. The van der Waals surface area contributed by atoms with Crippen LogP contribution in [0.3, 0.4) is 0 Å². The highest BCUT2D eigenvalue weighted by Crippen LogP contribution is 2.22. The second-order valence-electron chi connectivity index (χ2n) is 3.01. The second kappa shape index (κ2) is 4.61. The summed E-state index contributed by atoms with van der Waals surface area (Å²) in [7, 11) is 1.99. The summed E-state index contributed by atoms with van der Waals surface area (Å²) in [6, 6.07) is 0. The standard InChI is InChI=1S/C10H15BrN2/c1-4-6-7-9-10(11)8(5-2)12-13(9)3/h4H,1,5-7H2,2-3H3. The molecule has 0 aliphatic rings. The molecule has 0 bridgehead atoms. The summed E-state index contributed by atoms with van der Waals surface area (Å²) < 4.78 is 3.12. The third-order valence-electron chi connectivity index (χ3n) is 2.09. The van der Waals surface area contributed by atoms with Gasteiger partial charge in [-0.15, -0.1) is 6.58 Å². The zero-order valence-electron chi connectivity index (χ0n) is 8.18. The third kappa shape index (κ3) is 2.21. The van der Waals surface area contributed by atoms with Crippen LogP contribution in [0.1, 0.15) is 24.7 Å². The highest BCUT2D eigenvalue weighted by Gasteiger charge is 2.10. The lowest BCUT2D eigenvalue weighted by Gasteiger charge is -1.99. The summed E-state index contributed by atoms with van der Waals surface area (Å²) in [5.41, 5.74) is 2.40. The number of rotatable bonds is 4. The van der Waals surface area contributed by atoms with Gasteiger partial charge in [0.2, 0.25) is 0 Å². The zero-order valence-corrected chi connectivity index (χ0v) is 9.76. The lowest BCUT2D eigenvalue weighted by Crippen LogP contribution is -1.97. The van der Waals surface area contributed by atoms with E-state index in [0.717, 1.165) is 25.0 Å². The van der Waals surface area contributed by atoms with Crippen LogP contribution in [0.15, 0.2) is 17.1 Å². The Bertz CT molecular complexity index is 302. The summed E-state index contributed by atoms with van der Waals surface area (Å²) in [6.45, 7) is 5.83. The molecule has 1 heterocycles. The molecule has 0 radical (unpaired) electrons. The van der Waals surface area contributed by atoms with Gasteiger partial charge in [0.25, 0.3) is 0 Å². The van der Waals surface area contributed by atoms with E-state index in [9.17, 15) is 0 Å². The second-order valence-corrected chi connectivity index (χ2v) is 3.80. The first-order valence-electron chi connectivity index (χ1n) is 4.51. The molecule has 0 amide bonds. The van der Waals surface area contributed by atoms with Crippen molar-refractivity contribution in [2.24, 2.45) is 7.05 Å². The highest BCUT2D eigenvalue weighted by atomic mass is 79.9. The quantitative estimate of drug-likeness (QED) is 0.743. The van der Waals surface area contributed by atoms with Gasteiger partial charge in [0.15, 0.2) is 0 Å². The van der Waals surface area contributed by atoms with E-state index >= 15 is 0 Å². The Labute approximate surface area is 87.8 Å². The fraction of sp³-hybridized carbons (Fsp3) is 0.500. The van der Waals surface area contributed by atoms with Crippen molar-refractivity contribution >= 4 is 15.9 Å². The van der Waals surface area contributed by atoms with Gasteiger partial charge in [-0.2, -0.15) is 5.10 Å². The Morgan fingerprint density at radius 3 is 2.77 bits per heavy atom. The lowest BCUT2D eigenvalue weighted by molar-refractivity contribution is 0.695. The van der Waals surface area contributed by atoms with Crippen LogP contribution in [-0.4, -0.2) is 9.78 Å². The van der Waals surface area contributed by atoms with E-state index in [-0.39, 0.29) is 0 Å². The van der Waals surface area contributed by atoms with Gasteiger partial charge in [-0.1, -0.05) is 13.0 Å². The molecular weight excluding hydrogens is 228 g/mol. The molecule has 1 aromatic heterocycles. The minimum Gasteiger partial charge on any atom is -0.271 e. The van der Waals surface area contributed by atoms with Gasteiger partial charge in [-0.25, -0.2) is 0 Å². The van der Waals surface area contributed by atoms with E-state index in [4.69, 9.17) is 0 Å². The summed E-state index contributed by atoms with van der Waals surface area (Å²) in [5.74, 6) is 0. The van der Waals surface area contributed by atoms with Gasteiger partial charge in [0.05, 0.1) is 15.9 Å². The predicted molar refractivity (Wildman–Crippen MR) is 58.8 cm³/mol. The molecule has 1 rings (SSSR count). The molecule has 0 saturated carbocycles. The molecule has 0 aromatic carbocycles. The number of allylic oxidation sites excluding steroid dienone is 1. The SMILES string of the molecule is C=CCCc1c(Br)c(CC)nn1C. The molecule has 0 spiro atoms. The van der Waals surface area contributed by atoms with Crippen LogP contribution in [0.2, 0.25) is 0 Å². The van der Waals surface area contributed by atoms with Crippen molar-refractivity contribution in [3.8, 4) is 0 Å². The largest absolute Gasteiger partial charge is 0.271 e. The van der Waals surface area contributed by atoms with Crippen molar-refractivity contribution in [1.82, 2.24) is 9.78 Å². The van der Waals surface area contributed by atoms with Crippen LogP contribution >= 0.6 is 15.9 Å². The summed E-state index contributed by atoms with van der Waals surface area (Å²) in [5, 5.41) is 4.42. The van der Waals surface area contributed by atoms with Crippen LogP contribution in [-0.2, 0) is 19.9 Å².